The summed E-state index contributed by atoms with van der Waals surface area (Å²) >= 11 is 0. The van der Waals surface area contributed by atoms with E-state index < -0.39 is 21.8 Å². The number of nitrogens with one attached hydrogen (secondary N) is 1. The number of hydrogen-bond acceptors (Lipinski definition) is 4. The second-order valence-electron chi connectivity index (χ2n) is 7.44. The van der Waals surface area contributed by atoms with E-state index in [0.717, 1.165) is 27.9 Å². The molecule has 0 bridgehead atoms. The van der Waals surface area contributed by atoms with Crippen LogP contribution in [0.25, 0.3) is 0 Å². The van der Waals surface area contributed by atoms with Gasteiger partial charge in [-0.1, -0.05) is 29.8 Å². The van der Waals surface area contributed by atoms with Crippen LogP contribution in [0.1, 0.15) is 28.7 Å². The van der Waals surface area contributed by atoms with Gasteiger partial charge in [-0.15, -0.1) is 0 Å². The molecule has 6 nitrogen and oxygen atoms in total. The highest BCUT2D eigenvalue weighted by Gasteiger charge is 2.37. The summed E-state index contributed by atoms with van der Waals surface area (Å²) in [6.45, 7) is 7.79. The molecule has 0 radical (unpaired) electrons. The van der Waals surface area contributed by atoms with Crippen molar-refractivity contribution in [2.45, 2.75) is 39.0 Å². The van der Waals surface area contributed by atoms with Crippen LogP contribution in [0.3, 0.4) is 0 Å². The number of anilines is 1. The van der Waals surface area contributed by atoms with Gasteiger partial charge in [0.1, 0.15) is 0 Å². The van der Waals surface area contributed by atoms with E-state index in [9.17, 15) is 18.0 Å². The van der Waals surface area contributed by atoms with Crippen molar-refractivity contribution >= 4 is 27.5 Å². The summed E-state index contributed by atoms with van der Waals surface area (Å²) in [6.07, 6.45) is -0.0120. The number of aryl methyl sites for hydroxylation is 4. The molecule has 0 spiro atoms. The van der Waals surface area contributed by atoms with Crippen LogP contribution in [0, 0.1) is 33.6 Å². The minimum atomic E-state index is -3.97. The van der Waals surface area contributed by atoms with Crippen LogP contribution in [0.4, 0.5) is 5.69 Å². The first-order valence-corrected chi connectivity index (χ1v) is 10.6. The summed E-state index contributed by atoms with van der Waals surface area (Å²) in [6, 6.07) is 10.3. The van der Waals surface area contributed by atoms with Crippen molar-refractivity contribution in [1.29, 1.82) is 0 Å². The number of nitrogens with zero attached hydrogens (tertiary/aromatic N) is 1. The maximum Gasteiger partial charge on any atom is 0.264 e. The van der Waals surface area contributed by atoms with E-state index in [0.29, 0.717) is 0 Å². The minimum absolute atomic E-state index is 0.0120. The zero-order valence-electron chi connectivity index (χ0n) is 16.4. The van der Waals surface area contributed by atoms with E-state index in [1.54, 1.807) is 24.0 Å². The zero-order chi connectivity index (χ0) is 20.6. The van der Waals surface area contributed by atoms with E-state index in [-0.39, 0.29) is 23.8 Å². The fourth-order valence-corrected chi connectivity index (χ4v) is 4.90. The summed E-state index contributed by atoms with van der Waals surface area (Å²) in [5, 5.41) is 0. The number of carbonyl (C=O) groups is 2. The molecule has 1 fully saturated rings. The predicted molar refractivity (Wildman–Crippen MR) is 108 cm³/mol. The molecule has 1 atom stereocenters. The Morgan fingerprint density at radius 2 is 1.68 bits per heavy atom. The van der Waals surface area contributed by atoms with Crippen molar-refractivity contribution < 1.29 is 18.0 Å². The molecule has 2 aromatic rings. The first-order chi connectivity index (χ1) is 13.1. The maximum absolute atomic E-state index is 12.6. The van der Waals surface area contributed by atoms with Crippen LogP contribution in [-0.2, 0) is 19.6 Å². The van der Waals surface area contributed by atoms with Crippen molar-refractivity contribution in [3.63, 3.8) is 0 Å². The van der Waals surface area contributed by atoms with E-state index in [1.165, 1.54) is 12.1 Å². The molecule has 2 aromatic carbocycles. The molecule has 28 heavy (non-hydrogen) atoms. The van der Waals surface area contributed by atoms with Gasteiger partial charge in [0, 0.05) is 18.7 Å². The molecule has 2 amide bonds. The van der Waals surface area contributed by atoms with Crippen molar-refractivity contribution in [2.24, 2.45) is 5.92 Å². The number of carbonyl (C=O) groups excluding carboxylic acids is 2. The summed E-state index contributed by atoms with van der Waals surface area (Å²) in [5.41, 5.74) is 4.60. The van der Waals surface area contributed by atoms with E-state index >= 15 is 0 Å². The lowest BCUT2D eigenvalue weighted by molar-refractivity contribution is -0.124. The van der Waals surface area contributed by atoms with Crippen LogP contribution in [-0.4, -0.2) is 26.8 Å². The topological polar surface area (TPSA) is 83.5 Å². The van der Waals surface area contributed by atoms with Crippen molar-refractivity contribution in [3.8, 4) is 0 Å². The smallest absolute Gasteiger partial charge is 0.264 e. The van der Waals surface area contributed by atoms with Crippen LogP contribution in [0.5, 0.6) is 0 Å². The van der Waals surface area contributed by atoms with Crippen LogP contribution in [0.2, 0.25) is 0 Å². The molecule has 0 aromatic heterocycles. The van der Waals surface area contributed by atoms with Gasteiger partial charge in [0.05, 0.1) is 10.8 Å². The van der Waals surface area contributed by atoms with E-state index in [2.05, 4.69) is 4.72 Å². The molecular formula is C21H24N2O4S. The number of hydrogen-bond donors (Lipinski definition) is 1. The number of sulfonamides is 1. The Kier molecular flexibility index (Phi) is 5.30. The molecule has 7 heteroatoms. The standard InChI is InChI=1S/C21H24N2O4S/c1-13-6-5-7-18(10-13)28(26,27)22-21(25)17-11-19(24)23(12-17)20-15(3)8-14(2)9-16(20)4/h5-10,17H,11-12H2,1-4H3,(H,22,25). The normalized spacial score (nSPS) is 17.1. The molecule has 0 saturated carbocycles. The first-order valence-electron chi connectivity index (χ1n) is 9.10. The Bertz CT molecular complexity index is 1040. The van der Waals surface area contributed by atoms with Gasteiger partial charge < -0.3 is 4.90 Å². The lowest BCUT2D eigenvalue weighted by atomic mass is 10.0. The van der Waals surface area contributed by atoms with Gasteiger partial charge in [-0.2, -0.15) is 0 Å². The van der Waals surface area contributed by atoms with Gasteiger partial charge in [0.25, 0.3) is 10.0 Å². The molecule has 0 aliphatic carbocycles. The number of rotatable bonds is 4. The quantitative estimate of drug-likeness (QED) is 0.855. The second kappa shape index (κ2) is 7.39. The Labute approximate surface area is 165 Å². The highest BCUT2D eigenvalue weighted by Crippen LogP contribution is 2.32. The van der Waals surface area contributed by atoms with Gasteiger partial charge in [-0.05, 0) is 56.5 Å². The van der Waals surface area contributed by atoms with E-state index in [1.807, 2.05) is 32.9 Å². The lowest BCUT2D eigenvalue weighted by Crippen LogP contribution is -2.37. The summed E-state index contributed by atoms with van der Waals surface area (Å²) in [4.78, 5) is 26.8. The summed E-state index contributed by atoms with van der Waals surface area (Å²) in [5.74, 6) is -1.55. The predicted octanol–water partition coefficient (Wildman–Crippen LogP) is 2.78. The molecule has 1 aliphatic rings. The maximum atomic E-state index is 12.6. The number of amides is 2. The fraction of sp³-hybridized carbons (Fsp3) is 0.333. The largest absolute Gasteiger partial charge is 0.311 e. The molecular weight excluding hydrogens is 376 g/mol. The summed E-state index contributed by atoms with van der Waals surface area (Å²) < 4.78 is 27.1. The average Bonchev–Trinajstić information content (AvgIpc) is 2.95. The Morgan fingerprint density at radius 1 is 1.04 bits per heavy atom. The molecule has 1 N–H and O–H groups in total. The first kappa shape index (κ1) is 20.1. The summed E-state index contributed by atoms with van der Waals surface area (Å²) in [7, 11) is -3.97. The van der Waals surface area contributed by atoms with Crippen molar-refractivity contribution in [2.75, 3.05) is 11.4 Å². The zero-order valence-corrected chi connectivity index (χ0v) is 17.3. The molecule has 148 valence electrons. The highest BCUT2D eigenvalue weighted by atomic mass is 32.2. The monoisotopic (exact) mass is 400 g/mol. The Balaban J connectivity index is 1.79. The van der Waals surface area contributed by atoms with Crippen LogP contribution in [0.15, 0.2) is 41.3 Å². The molecule has 3 rings (SSSR count). The van der Waals surface area contributed by atoms with Gasteiger partial charge in [-0.25, -0.2) is 13.1 Å². The second-order valence-corrected chi connectivity index (χ2v) is 9.12. The van der Waals surface area contributed by atoms with Crippen molar-refractivity contribution in [1.82, 2.24) is 4.72 Å². The van der Waals surface area contributed by atoms with Gasteiger partial charge in [-0.3, -0.25) is 9.59 Å². The molecule has 1 aliphatic heterocycles. The third-order valence-electron chi connectivity index (χ3n) is 4.94. The molecule has 1 unspecified atom stereocenters. The van der Waals surface area contributed by atoms with Gasteiger partial charge in [0.2, 0.25) is 11.8 Å². The SMILES string of the molecule is Cc1cccc(S(=O)(=O)NC(=O)C2CC(=O)N(c3c(C)cc(C)cc3C)C2)c1. The Morgan fingerprint density at radius 3 is 2.29 bits per heavy atom. The average molecular weight is 401 g/mol. The molecule has 1 saturated heterocycles. The van der Waals surface area contributed by atoms with Crippen LogP contribution < -0.4 is 9.62 Å². The number of benzene rings is 2. The lowest BCUT2D eigenvalue weighted by Gasteiger charge is -2.22. The van der Waals surface area contributed by atoms with Gasteiger partial charge >= 0.3 is 0 Å². The Hall–Kier alpha value is -2.67. The fourth-order valence-electron chi connectivity index (χ4n) is 3.75. The minimum Gasteiger partial charge on any atom is -0.311 e. The third-order valence-corrected chi connectivity index (χ3v) is 6.28. The van der Waals surface area contributed by atoms with Crippen LogP contribution >= 0.6 is 0 Å². The third kappa shape index (κ3) is 3.94. The van der Waals surface area contributed by atoms with E-state index in [4.69, 9.17) is 0 Å². The highest BCUT2D eigenvalue weighted by molar-refractivity contribution is 7.90. The van der Waals surface area contributed by atoms with Gasteiger partial charge in [0.15, 0.2) is 0 Å². The van der Waals surface area contributed by atoms with Crippen molar-refractivity contribution in [3.05, 3.63) is 58.7 Å². The molecule has 1 heterocycles.